The summed E-state index contributed by atoms with van der Waals surface area (Å²) in [5, 5.41) is 1.69. The van der Waals surface area contributed by atoms with Crippen molar-refractivity contribution in [3.63, 3.8) is 0 Å². The van der Waals surface area contributed by atoms with Crippen molar-refractivity contribution in [3.05, 3.63) is 70.8 Å². The molecule has 0 aliphatic carbocycles. The molecule has 236 valence electrons. The van der Waals surface area contributed by atoms with Gasteiger partial charge in [0.25, 0.3) is 0 Å². The second-order valence-electron chi connectivity index (χ2n) is 11.0. The van der Waals surface area contributed by atoms with Crippen LogP contribution < -0.4 is 5.43 Å². The van der Waals surface area contributed by atoms with E-state index in [9.17, 15) is 32.3 Å². The van der Waals surface area contributed by atoms with E-state index < -0.39 is 48.5 Å². The number of alkyl halides is 3. The lowest BCUT2D eigenvalue weighted by molar-refractivity contribution is -0.170. The Labute approximate surface area is 252 Å². The number of piperazine rings is 1. The minimum absolute atomic E-state index is 0.0134. The van der Waals surface area contributed by atoms with Crippen LogP contribution in [0.1, 0.15) is 35.1 Å². The number of rotatable bonds is 7. The number of nitrogens with one attached hydrogen (secondary N) is 1. The minimum atomic E-state index is -4.56. The molecule has 3 fully saturated rings. The van der Waals surface area contributed by atoms with Gasteiger partial charge in [-0.2, -0.15) is 13.2 Å². The van der Waals surface area contributed by atoms with E-state index in [0.29, 0.717) is 31.9 Å². The van der Waals surface area contributed by atoms with Gasteiger partial charge < -0.3 is 19.3 Å². The maximum Gasteiger partial charge on any atom is 0.416 e. The fourth-order valence-corrected chi connectivity index (χ4v) is 5.75. The van der Waals surface area contributed by atoms with E-state index in [4.69, 9.17) is 9.47 Å². The molecule has 2 aromatic rings. The average Bonchev–Trinajstić information content (AvgIpc) is 2.98. The van der Waals surface area contributed by atoms with E-state index in [1.54, 1.807) is 5.01 Å². The number of hydrazine groups is 1. The van der Waals surface area contributed by atoms with Crippen LogP contribution in [0.4, 0.5) is 18.0 Å². The normalized spacial score (nSPS) is 21.2. The molecular weight excluding hydrogens is 583 g/mol. The lowest BCUT2D eigenvalue weighted by Crippen LogP contribution is -2.71. The van der Waals surface area contributed by atoms with Crippen LogP contribution in [-0.4, -0.2) is 95.1 Å². The molecule has 11 nitrogen and oxygen atoms in total. The van der Waals surface area contributed by atoms with Crippen molar-refractivity contribution < 1.29 is 41.8 Å². The molecule has 0 radical (unpaired) electrons. The van der Waals surface area contributed by atoms with Gasteiger partial charge in [0.2, 0.25) is 17.7 Å². The number of carbonyl (C=O) groups excluding carboxylic acids is 4. The summed E-state index contributed by atoms with van der Waals surface area (Å²) in [7, 11) is 0. The number of aryl methyl sites for hydroxylation is 1. The summed E-state index contributed by atoms with van der Waals surface area (Å²) >= 11 is 0. The fraction of sp³-hybridized carbons (Fsp3) is 0.467. The van der Waals surface area contributed by atoms with E-state index >= 15 is 0 Å². The second kappa shape index (κ2) is 13.2. The van der Waals surface area contributed by atoms with Crippen molar-refractivity contribution in [2.75, 3.05) is 39.4 Å². The van der Waals surface area contributed by atoms with Gasteiger partial charge >= 0.3 is 12.3 Å². The number of benzene rings is 2. The first kappa shape index (κ1) is 31.3. The van der Waals surface area contributed by atoms with Gasteiger partial charge in [-0.1, -0.05) is 42.0 Å². The average molecular weight is 618 g/mol. The van der Waals surface area contributed by atoms with Crippen LogP contribution in [0.2, 0.25) is 0 Å². The molecule has 3 heterocycles. The van der Waals surface area contributed by atoms with Crippen molar-refractivity contribution in [1.82, 2.24) is 25.1 Å². The number of carbonyl (C=O) groups is 4. The van der Waals surface area contributed by atoms with Gasteiger partial charge in [0.1, 0.15) is 18.8 Å². The van der Waals surface area contributed by atoms with Gasteiger partial charge in [0.05, 0.1) is 31.7 Å². The number of nitrogens with zero attached hydrogens (tertiary/aromatic N) is 4. The highest BCUT2D eigenvalue weighted by Crippen LogP contribution is 2.32. The van der Waals surface area contributed by atoms with E-state index in [1.807, 2.05) is 30.3 Å². The third-order valence-electron chi connectivity index (χ3n) is 7.80. The molecule has 2 aromatic carbocycles. The lowest BCUT2D eigenvalue weighted by Gasteiger charge is -2.51. The molecule has 0 spiro atoms. The Morgan fingerprint density at radius 1 is 1.02 bits per heavy atom. The highest BCUT2D eigenvalue weighted by atomic mass is 19.4. The molecule has 44 heavy (non-hydrogen) atoms. The Balaban J connectivity index is 1.36. The molecule has 1 N–H and O–H groups in total. The highest BCUT2D eigenvalue weighted by Gasteiger charge is 2.49. The van der Waals surface area contributed by atoms with Gasteiger partial charge in [0, 0.05) is 32.6 Å². The highest BCUT2D eigenvalue weighted by molar-refractivity contribution is 5.94. The summed E-state index contributed by atoms with van der Waals surface area (Å²) in [5.41, 5.74) is 3.27. The van der Waals surface area contributed by atoms with Gasteiger partial charge in [-0.05, 0) is 30.2 Å². The van der Waals surface area contributed by atoms with E-state index in [-0.39, 0.29) is 43.9 Å². The van der Waals surface area contributed by atoms with Gasteiger partial charge in [0.15, 0.2) is 0 Å². The number of halogens is 3. The third-order valence-corrected chi connectivity index (χ3v) is 7.80. The minimum Gasteiger partial charge on any atom is -0.444 e. The molecule has 3 saturated heterocycles. The van der Waals surface area contributed by atoms with Crippen LogP contribution in [-0.2, 0) is 43.2 Å². The largest absolute Gasteiger partial charge is 0.444 e. The van der Waals surface area contributed by atoms with Crippen LogP contribution in [0.5, 0.6) is 0 Å². The smallest absolute Gasteiger partial charge is 0.416 e. The van der Waals surface area contributed by atoms with Crippen LogP contribution in [0, 0.1) is 6.92 Å². The zero-order valence-corrected chi connectivity index (χ0v) is 24.2. The predicted molar refractivity (Wildman–Crippen MR) is 149 cm³/mol. The first-order valence-electron chi connectivity index (χ1n) is 14.4. The first-order chi connectivity index (χ1) is 21.0. The topological polar surface area (TPSA) is 112 Å². The molecule has 0 unspecified atom stereocenters. The maximum atomic E-state index is 13.8. The number of fused-ring (bicyclic) bond motifs is 1. The Hall–Kier alpha value is -4.17. The van der Waals surface area contributed by atoms with Crippen molar-refractivity contribution in [2.24, 2.45) is 0 Å². The van der Waals surface area contributed by atoms with E-state index in [1.165, 1.54) is 27.7 Å². The lowest BCUT2D eigenvalue weighted by atomic mass is 10.0. The van der Waals surface area contributed by atoms with Gasteiger partial charge in [-0.25, -0.2) is 9.80 Å². The molecule has 0 bridgehead atoms. The molecular formula is C30H34F3N5O6. The first-order valence-corrected chi connectivity index (χ1v) is 14.4. The molecule has 0 aromatic heterocycles. The standard InChI is InChI=1S/C30H34F3N5O6/c1-20-13-22(15-23(14-20)30(31,32)33)19-44-29(42)37-8-7-27(40)38-24(16-25(39)34-36-9-11-43-12-10-36)28(41)35(18-26(37)38)17-21-5-3-2-4-6-21/h2-6,13-15,24,26H,7-12,16-19H2,1H3,(H,34,39)/t24-,26+/m0/s1. The number of hydrogen-bond acceptors (Lipinski definition) is 7. The van der Waals surface area contributed by atoms with Crippen molar-refractivity contribution in [1.29, 1.82) is 0 Å². The molecule has 5 rings (SSSR count). The fourth-order valence-electron chi connectivity index (χ4n) is 5.75. The van der Waals surface area contributed by atoms with Crippen molar-refractivity contribution >= 4 is 23.8 Å². The van der Waals surface area contributed by atoms with Crippen LogP contribution in [0.25, 0.3) is 0 Å². The Kier molecular flexibility index (Phi) is 9.39. The number of morpholine rings is 1. The van der Waals surface area contributed by atoms with E-state index in [2.05, 4.69) is 5.43 Å². The van der Waals surface area contributed by atoms with Crippen LogP contribution in [0.3, 0.4) is 0 Å². The SMILES string of the molecule is Cc1cc(COC(=O)N2CCC(=O)N3[C@@H]2CN(Cc2ccccc2)C(=O)[C@@H]3CC(=O)NN2CCOCC2)cc(C(F)(F)F)c1. The summed E-state index contributed by atoms with van der Waals surface area (Å²) in [6.45, 7) is 3.07. The quantitative estimate of drug-likeness (QED) is 0.509. The second-order valence-corrected chi connectivity index (χ2v) is 11.0. The molecule has 14 heteroatoms. The summed E-state index contributed by atoms with van der Waals surface area (Å²) < 4.78 is 50.7. The molecule has 3 aliphatic rings. The zero-order valence-electron chi connectivity index (χ0n) is 24.2. The summed E-state index contributed by atoms with van der Waals surface area (Å²) in [5.74, 6) is -1.27. The summed E-state index contributed by atoms with van der Waals surface area (Å²) in [6.07, 6.45) is -6.76. The Morgan fingerprint density at radius 2 is 1.75 bits per heavy atom. The molecule has 2 atom stereocenters. The zero-order chi connectivity index (χ0) is 31.4. The maximum absolute atomic E-state index is 13.8. The van der Waals surface area contributed by atoms with Crippen LogP contribution >= 0.6 is 0 Å². The predicted octanol–water partition coefficient (Wildman–Crippen LogP) is 2.68. The van der Waals surface area contributed by atoms with Gasteiger partial charge in [-0.15, -0.1) is 0 Å². The summed E-state index contributed by atoms with van der Waals surface area (Å²) in [6, 6.07) is 11.4. The number of amides is 4. The van der Waals surface area contributed by atoms with Crippen molar-refractivity contribution in [2.45, 2.75) is 51.3 Å². The molecule has 0 saturated carbocycles. The Bertz CT molecular complexity index is 1380. The number of hydrogen-bond donors (Lipinski definition) is 1. The van der Waals surface area contributed by atoms with E-state index in [0.717, 1.165) is 17.7 Å². The Morgan fingerprint density at radius 3 is 2.45 bits per heavy atom. The molecule has 3 aliphatic heterocycles. The van der Waals surface area contributed by atoms with Gasteiger partial charge in [-0.3, -0.25) is 24.7 Å². The van der Waals surface area contributed by atoms with Crippen LogP contribution in [0.15, 0.2) is 48.5 Å². The monoisotopic (exact) mass is 617 g/mol. The molecule has 4 amide bonds. The third kappa shape index (κ3) is 7.30. The number of ether oxygens (including phenoxy) is 2. The van der Waals surface area contributed by atoms with Crippen molar-refractivity contribution in [3.8, 4) is 0 Å². The summed E-state index contributed by atoms with van der Waals surface area (Å²) in [4.78, 5) is 57.6.